The summed E-state index contributed by atoms with van der Waals surface area (Å²) >= 11 is 0. The van der Waals surface area contributed by atoms with E-state index in [2.05, 4.69) is 10.3 Å². The quantitative estimate of drug-likeness (QED) is 0.880. The minimum Gasteiger partial charge on any atom is -0.309 e. The fraction of sp³-hybridized carbons (Fsp3) is 0.154. The summed E-state index contributed by atoms with van der Waals surface area (Å²) in [7, 11) is 0. The third kappa shape index (κ3) is 3.04. The number of rotatable bonds is 3. The maximum atomic E-state index is 11.7. The average Bonchev–Trinajstić information content (AvgIpc) is 2.35. The zero-order chi connectivity index (χ0) is 13.0. The first kappa shape index (κ1) is 12.0. The molecule has 5 nitrogen and oxygen atoms in total. The van der Waals surface area contributed by atoms with Crippen molar-refractivity contribution in [3.8, 4) is 0 Å². The Hall–Kier alpha value is -2.43. The Bertz CT molecular complexity index is 602. The molecule has 92 valence electrons. The third-order valence-electron chi connectivity index (χ3n) is 2.39. The summed E-state index contributed by atoms with van der Waals surface area (Å²) in [4.78, 5) is 27.2. The van der Waals surface area contributed by atoms with E-state index in [1.807, 2.05) is 13.0 Å². The second-order valence-electron chi connectivity index (χ2n) is 3.94. The van der Waals surface area contributed by atoms with E-state index in [4.69, 9.17) is 0 Å². The van der Waals surface area contributed by atoms with Crippen molar-refractivity contribution in [1.82, 2.24) is 9.55 Å². The third-order valence-corrected chi connectivity index (χ3v) is 2.39. The number of aromatic nitrogens is 2. The minimum atomic E-state index is -0.278. The number of pyridine rings is 2. The maximum absolute atomic E-state index is 11.7. The Balaban J connectivity index is 2.03. The lowest BCUT2D eigenvalue weighted by Gasteiger charge is -2.06. The molecular formula is C13H13N3O2. The number of nitrogens with one attached hydrogen (secondary N) is 1. The first-order valence-electron chi connectivity index (χ1n) is 5.53. The smallest absolute Gasteiger partial charge is 0.250 e. The maximum Gasteiger partial charge on any atom is 0.250 e. The molecule has 0 atom stereocenters. The van der Waals surface area contributed by atoms with Gasteiger partial charge in [0.05, 0.1) is 0 Å². The van der Waals surface area contributed by atoms with Crippen molar-refractivity contribution in [2.24, 2.45) is 0 Å². The Morgan fingerprint density at radius 3 is 2.83 bits per heavy atom. The summed E-state index contributed by atoms with van der Waals surface area (Å²) < 4.78 is 1.34. The molecule has 0 aliphatic carbocycles. The molecule has 0 saturated heterocycles. The second kappa shape index (κ2) is 5.27. The molecule has 0 aliphatic heterocycles. The summed E-state index contributed by atoms with van der Waals surface area (Å²) in [5, 5.41) is 2.64. The molecule has 0 aromatic carbocycles. The van der Waals surface area contributed by atoms with E-state index in [1.54, 1.807) is 30.6 Å². The first-order chi connectivity index (χ1) is 8.65. The van der Waals surface area contributed by atoms with Gasteiger partial charge >= 0.3 is 0 Å². The van der Waals surface area contributed by atoms with E-state index in [1.165, 1.54) is 10.6 Å². The summed E-state index contributed by atoms with van der Waals surface area (Å²) in [5.74, 6) is 0.203. The van der Waals surface area contributed by atoms with Crippen LogP contribution in [0.25, 0.3) is 0 Å². The highest BCUT2D eigenvalue weighted by molar-refractivity contribution is 5.89. The zero-order valence-electron chi connectivity index (χ0n) is 9.96. The van der Waals surface area contributed by atoms with E-state index < -0.39 is 0 Å². The highest BCUT2D eigenvalue weighted by atomic mass is 16.2. The van der Waals surface area contributed by atoms with Gasteiger partial charge in [-0.05, 0) is 24.6 Å². The van der Waals surface area contributed by atoms with Crippen molar-refractivity contribution < 1.29 is 4.79 Å². The highest BCUT2D eigenvalue weighted by Gasteiger charge is 2.04. The molecule has 2 heterocycles. The summed E-state index contributed by atoms with van der Waals surface area (Å²) in [6, 6.07) is 8.34. The van der Waals surface area contributed by atoms with Crippen LogP contribution >= 0.6 is 0 Å². The highest BCUT2D eigenvalue weighted by Crippen LogP contribution is 2.03. The lowest BCUT2D eigenvalue weighted by atomic mass is 10.3. The standard InChI is InChI=1S/C13H13N3O2/c1-10-5-6-11(14-8-10)15-12(17)9-16-7-3-2-4-13(16)18/h2-8H,9H2,1H3,(H,14,15,17). The van der Waals surface area contributed by atoms with Gasteiger partial charge in [0.1, 0.15) is 12.4 Å². The van der Waals surface area contributed by atoms with Gasteiger partial charge in [0.25, 0.3) is 5.56 Å². The molecule has 0 fully saturated rings. The molecule has 0 bridgehead atoms. The SMILES string of the molecule is Cc1ccc(NC(=O)Cn2ccccc2=O)nc1. The number of nitrogens with zero attached hydrogens (tertiary/aromatic N) is 2. The van der Waals surface area contributed by atoms with Gasteiger partial charge in [-0.25, -0.2) is 4.98 Å². The normalized spacial score (nSPS) is 10.1. The number of carbonyl (C=O) groups excluding carboxylic acids is 1. The van der Waals surface area contributed by atoms with Crippen LogP contribution < -0.4 is 10.9 Å². The predicted molar refractivity (Wildman–Crippen MR) is 68.3 cm³/mol. The molecule has 18 heavy (non-hydrogen) atoms. The molecule has 0 saturated carbocycles. The number of hydrogen-bond donors (Lipinski definition) is 1. The van der Waals surface area contributed by atoms with Crippen LogP contribution in [0, 0.1) is 6.92 Å². The Morgan fingerprint density at radius 1 is 1.33 bits per heavy atom. The number of anilines is 1. The molecule has 1 N–H and O–H groups in total. The fourth-order valence-electron chi connectivity index (χ4n) is 1.47. The molecule has 0 spiro atoms. The average molecular weight is 243 g/mol. The van der Waals surface area contributed by atoms with Crippen molar-refractivity contribution >= 4 is 11.7 Å². The summed E-state index contributed by atoms with van der Waals surface area (Å²) in [5.41, 5.74) is 0.816. The van der Waals surface area contributed by atoms with Crippen molar-refractivity contribution in [3.63, 3.8) is 0 Å². The van der Waals surface area contributed by atoms with Crippen molar-refractivity contribution in [2.75, 3.05) is 5.32 Å². The van der Waals surface area contributed by atoms with Crippen LogP contribution in [0.4, 0.5) is 5.82 Å². The van der Waals surface area contributed by atoms with E-state index in [0.717, 1.165) is 5.56 Å². The van der Waals surface area contributed by atoms with Gasteiger partial charge in [0.2, 0.25) is 5.91 Å². The predicted octanol–water partition coefficient (Wildman–Crippen LogP) is 1.19. The van der Waals surface area contributed by atoms with E-state index in [-0.39, 0.29) is 18.0 Å². The van der Waals surface area contributed by atoms with E-state index >= 15 is 0 Å². The van der Waals surface area contributed by atoms with Crippen LogP contribution in [0.15, 0.2) is 47.5 Å². The lowest BCUT2D eigenvalue weighted by Crippen LogP contribution is -2.26. The van der Waals surface area contributed by atoms with E-state index in [0.29, 0.717) is 5.82 Å². The van der Waals surface area contributed by atoms with E-state index in [9.17, 15) is 9.59 Å². The monoisotopic (exact) mass is 243 g/mol. The van der Waals surface area contributed by atoms with Gasteiger partial charge in [-0.1, -0.05) is 12.1 Å². The molecule has 0 unspecified atom stereocenters. The van der Waals surface area contributed by atoms with Crippen LogP contribution in [0.1, 0.15) is 5.56 Å². The number of aryl methyl sites for hydroxylation is 1. The first-order valence-corrected chi connectivity index (χ1v) is 5.53. The van der Waals surface area contributed by atoms with Gasteiger partial charge in [0.15, 0.2) is 0 Å². The van der Waals surface area contributed by atoms with Crippen molar-refractivity contribution in [2.45, 2.75) is 13.5 Å². The Kier molecular flexibility index (Phi) is 3.52. The van der Waals surface area contributed by atoms with Crippen molar-refractivity contribution in [1.29, 1.82) is 0 Å². The molecule has 2 aromatic heterocycles. The molecule has 5 heteroatoms. The van der Waals surface area contributed by atoms with Gasteiger partial charge < -0.3 is 9.88 Å². The van der Waals surface area contributed by atoms with Crippen LogP contribution in [0.3, 0.4) is 0 Å². The lowest BCUT2D eigenvalue weighted by molar-refractivity contribution is -0.116. The van der Waals surface area contributed by atoms with Crippen LogP contribution in [0.2, 0.25) is 0 Å². The molecule has 0 radical (unpaired) electrons. The second-order valence-corrected chi connectivity index (χ2v) is 3.94. The Labute approximate surface area is 104 Å². The van der Waals surface area contributed by atoms with Gasteiger partial charge in [-0.15, -0.1) is 0 Å². The molecular weight excluding hydrogens is 230 g/mol. The zero-order valence-corrected chi connectivity index (χ0v) is 9.96. The largest absolute Gasteiger partial charge is 0.309 e. The van der Waals surface area contributed by atoms with Crippen molar-refractivity contribution in [3.05, 3.63) is 58.6 Å². The van der Waals surface area contributed by atoms with Crippen LogP contribution in [-0.4, -0.2) is 15.5 Å². The topological polar surface area (TPSA) is 64.0 Å². The fourth-order valence-corrected chi connectivity index (χ4v) is 1.47. The minimum absolute atomic E-state index is 0.0186. The summed E-state index contributed by atoms with van der Waals surface area (Å²) in [6.45, 7) is 1.90. The molecule has 2 rings (SSSR count). The molecule has 0 aliphatic rings. The summed E-state index contributed by atoms with van der Waals surface area (Å²) in [6.07, 6.45) is 3.24. The van der Waals surface area contributed by atoms with Gasteiger partial charge in [0, 0.05) is 18.5 Å². The number of hydrogen-bond acceptors (Lipinski definition) is 3. The van der Waals surface area contributed by atoms with Gasteiger partial charge in [-0.3, -0.25) is 9.59 Å². The Morgan fingerprint density at radius 2 is 2.17 bits per heavy atom. The number of amides is 1. The molecule has 2 aromatic rings. The number of carbonyl (C=O) groups is 1. The van der Waals surface area contributed by atoms with Gasteiger partial charge in [-0.2, -0.15) is 0 Å². The van der Waals surface area contributed by atoms with Crippen LogP contribution in [0.5, 0.6) is 0 Å². The van der Waals surface area contributed by atoms with Crippen LogP contribution in [-0.2, 0) is 11.3 Å². The molecule has 1 amide bonds.